The Balaban J connectivity index is 1.71. The number of nitrogens with zero attached hydrogens (tertiary/aromatic N) is 6. The molecule has 1 aliphatic rings. The van der Waals surface area contributed by atoms with Crippen LogP contribution < -0.4 is 9.80 Å². The molecule has 1 aliphatic heterocycles. The molecular weight excluding hydrogens is 252 g/mol. The van der Waals surface area contributed by atoms with Gasteiger partial charge in [-0.2, -0.15) is 5.10 Å². The van der Waals surface area contributed by atoms with Gasteiger partial charge in [0, 0.05) is 38.6 Å². The van der Waals surface area contributed by atoms with Gasteiger partial charge < -0.3 is 9.80 Å². The van der Waals surface area contributed by atoms with Gasteiger partial charge in [0.1, 0.15) is 0 Å². The van der Waals surface area contributed by atoms with Crippen molar-refractivity contribution in [1.82, 2.24) is 20.2 Å². The second-order valence-electron chi connectivity index (χ2n) is 5.00. The van der Waals surface area contributed by atoms with E-state index in [0.29, 0.717) is 0 Å². The number of hydrogen-bond donors (Lipinski definition) is 0. The van der Waals surface area contributed by atoms with E-state index in [9.17, 15) is 0 Å². The van der Waals surface area contributed by atoms with Gasteiger partial charge in [-0.05, 0) is 31.0 Å². The molecule has 2 aromatic heterocycles. The first kappa shape index (κ1) is 12.8. The van der Waals surface area contributed by atoms with Crippen molar-refractivity contribution in [2.45, 2.75) is 13.8 Å². The van der Waals surface area contributed by atoms with Crippen LogP contribution in [0.2, 0.25) is 0 Å². The van der Waals surface area contributed by atoms with E-state index in [-0.39, 0.29) is 0 Å². The standard InChI is InChI=1S/C14H18N6/c1-11-10-17-18-13(12(11)2)19-6-8-20(9-7-19)14-15-4-3-5-16-14/h3-5,10H,6-9H2,1-2H3. The van der Waals surface area contributed by atoms with Gasteiger partial charge in [0.15, 0.2) is 5.82 Å². The van der Waals surface area contributed by atoms with Gasteiger partial charge in [0.2, 0.25) is 5.95 Å². The maximum Gasteiger partial charge on any atom is 0.225 e. The first-order chi connectivity index (χ1) is 9.75. The number of piperazine rings is 1. The van der Waals surface area contributed by atoms with Crippen LogP contribution in [0.5, 0.6) is 0 Å². The number of aryl methyl sites for hydroxylation is 1. The van der Waals surface area contributed by atoms with Crippen LogP contribution in [0, 0.1) is 13.8 Å². The molecule has 0 aromatic carbocycles. The molecule has 0 radical (unpaired) electrons. The Morgan fingerprint density at radius 3 is 2.30 bits per heavy atom. The fourth-order valence-corrected chi connectivity index (χ4v) is 2.39. The molecule has 0 N–H and O–H groups in total. The normalized spacial score (nSPS) is 15.5. The van der Waals surface area contributed by atoms with Crippen molar-refractivity contribution >= 4 is 11.8 Å². The quantitative estimate of drug-likeness (QED) is 0.817. The Morgan fingerprint density at radius 1 is 0.950 bits per heavy atom. The Labute approximate surface area is 118 Å². The molecule has 0 unspecified atom stereocenters. The second-order valence-corrected chi connectivity index (χ2v) is 5.00. The average molecular weight is 270 g/mol. The van der Waals surface area contributed by atoms with E-state index < -0.39 is 0 Å². The van der Waals surface area contributed by atoms with Crippen LogP contribution in [0.3, 0.4) is 0 Å². The second kappa shape index (κ2) is 5.40. The molecule has 6 nitrogen and oxygen atoms in total. The lowest BCUT2D eigenvalue weighted by atomic mass is 10.2. The van der Waals surface area contributed by atoms with E-state index in [4.69, 9.17) is 0 Å². The van der Waals surface area contributed by atoms with Crippen LogP contribution in [-0.2, 0) is 0 Å². The van der Waals surface area contributed by atoms with Gasteiger partial charge in [0.25, 0.3) is 0 Å². The van der Waals surface area contributed by atoms with Gasteiger partial charge in [-0.15, -0.1) is 5.10 Å². The zero-order chi connectivity index (χ0) is 13.9. The summed E-state index contributed by atoms with van der Waals surface area (Å²) in [5.74, 6) is 1.80. The Hall–Kier alpha value is -2.24. The van der Waals surface area contributed by atoms with Gasteiger partial charge in [-0.1, -0.05) is 0 Å². The number of hydrogen-bond acceptors (Lipinski definition) is 6. The highest BCUT2D eigenvalue weighted by Gasteiger charge is 2.21. The minimum absolute atomic E-state index is 0.805. The SMILES string of the molecule is Cc1cnnc(N2CCN(c3ncccn3)CC2)c1C. The van der Waals surface area contributed by atoms with Crippen molar-refractivity contribution in [2.75, 3.05) is 36.0 Å². The predicted octanol–water partition coefficient (Wildman–Crippen LogP) is 1.21. The summed E-state index contributed by atoms with van der Waals surface area (Å²) < 4.78 is 0. The third-order valence-corrected chi connectivity index (χ3v) is 3.74. The molecular formula is C14H18N6. The third-order valence-electron chi connectivity index (χ3n) is 3.74. The zero-order valence-electron chi connectivity index (χ0n) is 11.8. The van der Waals surface area contributed by atoms with Gasteiger partial charge >= 0.3 is 0 Å². The molecule has 0 amide bonds. The highest BCUT2D eigenvalue weighted by molar-refractivity contribution is 5.49. The molecule has 6 heteroatoms. The summed E-state index contributed by atoms with van der Waals surface area (Å²) in [6, 6.07) is 1.84. The van der Waals surface area contributed by atoms with Crippen molar-refractivity contribution in [1.29, 1.82) is 0 Å². The Morgan fingerprint density at radius 2 is 1.60 bits per heavy atom. The first-order valence-corrected chi connectivity index (χ1v) is 6.81. The lowest BCUT2D eigenvalue weighted by Crippen LogP contribution is -2.47. The molecule has 1 fully saturated rings. The summed E-state index contributed by atoms with van der Waals surface area (Å²) >= 11 is 0. The van der Waals surface area contributed by atoms with E-state index in [1.807, 2.05) is 12.3 Å². The van der Waals surface area contributed by atoms with E-state index in [1.54, 1.807) is 12.4 Å². The van der Waals surface area contributed by atoms with Crippen LogP contribution >= 0.6 is 0 Å². The lowest BCUT2D eigenvalue weighted by Gasteiger charge is -2.35. The Kier molecular flexibility index (Phi) is 3.45. The van der Waals surface area contributed by atoms with E-state index in [1.165, 1.54) is 11.1 Å². The number of aromatic nitrogens is 4. The highest BCUT2D eigenvalue weighted by atomic mass is 15.3. The Bertz CT molecular complexity index is 577. The molecule has 0 saturated carbocycles. The maximum absolute atomic E-state index is 4.30. The molecule has 0 aliphatic carbocycles. The van der Waals surface area contributed by atoms with Crippen molar-refractivity contribution in [2.24, 2.45) is 0 Å². The molecule has 2 aromatic rings. The molecule has 0 atom stereocenters. The van der Waals surface area contributed by atoms with Crippen LogP contribution in [0.1, 0.15) is 11.1 Å². The van der Waals surface area contributed by atoms with E-state index in [0.717, 1.165) is 37.9 Å². The summed E-state index contributed by atoms with van der Waals surface area (Å²) in [6.45, 7) is 7.81. The number of anilines is 2. The monoisotopic (exact) mass is 270 g/mol. The van der Waals surface area contributed by atoms with Gasteiger partial charge in [-0.25, -0.2) is 9.97 Å². The average Bonchev–Trinajstić information content (AvgIpc) is 2.51. The van der Waals surface area contributed by atoms with Gasteiger partial charge in [0.05, 0.1) is 6.20 Å². The maximum atomic E-state index is 4.30. The molecule has 3 heterocycles. The minimum Gasteiger partial charge on any atom is -0.351 e. The highest BCUT2D eigenvalue weighted by Crippen LogP contribution is 2.20. The van der Waals surface area contributed by atoms with E-state index in [2.05, 4.69) is 43.8 Å². The smallest absolute Gasteiger partial charge is 0.225 e. The lowest BCUT2D eigenvalue weighted by molar-refractivity contribution is 0.629. The van der Waals surface area contributed by atoms with Crippen molar-refractivity contribution in [3.8, 4) is 0 Å². The summed E-state index contributed by atoms with van der Waals surface area (Å²) in [4.78, 5) is 13.1. The molecule has 20 heavy (non-hydrogen) atoms. The molecule has 3 rings (SSSR count). The fourth-order valence-electron chi connectivity index (χ4n) is 2.39. The topological polar surface area (TPSA) is 58.0 Å². The molecule has 0 spiro atoms. The van der Waals surface area contributed by atoms with Crippen molar-refractivity contribution in [3.63, 3.8) is 0 Å². The van der Waals surface area contributed by atoms with Crippen molar-refractivity contribution in [3.05, 3.63) is 35.8 Å². The number of rotatable bonds is 2. The summed E-state index contributed by atoms with van der Waals surface area (Å²) in [5.41, 5.74) is 2.40. The fraction of sp³-hybridized carbons (Fsp3) is 0.429. The summed E-state index contributed by atoms with van der Waals surface area (Å²) in [5, 5.41) is 8.35. The molecule has 1 saturated heterocycles. The predicted molar refractivity (Wildman–Crippen MR) is 78.0 cm³/mol. The van der Waals surface area contributed by atoms with Crippen LogP contribution in [-0.4, -0.2) is 46.3 Å². The molecule has 0 bridgehead atoms. The minimum atomic E-state index is 0.805. The van der Waals surface area contributed by atoms with Crippen LogP contribution in [0.15, 0.2) is 24.7 Å². The largest absolute Gasteiger partial charge is 0.351 e. The van der Waals surface area contributed by atoms with Gasteiger partial charge in [-0.3, -0.25) is 0 Å². The molecule has 104 valence electrons. The summed E-state index contributed by atoms with van der Waals surface area (Å²) in [7, 11) is 0. The van der Waals surface area contributed by atoms with Crippen LogP contribution in [0.4, 0.5) is 11.8 Å². The van der Waals surface area contributed by atoms with Crippen molar-refractivity contribution < 1.29 is 0 Å². The zero-order valence-corrected chi connectivity index (χ0v) is 11.8. The first-order valence-electron chi connectivity index (χ1n) is 6.81. The van der Waals surface area contributed by atoms with Crippen LogP contribution in [0.25, 0.3) is 0 Å². The third kappa shape index (κ3) is 2.41. The van der Waals surface area contributed by atoms with E-state index >= 15 is 0 Å². The summed E-state index contributed by atoms with van der Waals surface area (Å²) in [6.07, 6.45) is 5.38.